The zero-order chi connectivity index (χ0) is 16.8. The van der Waals surface area contributed by atoms with E-state index in [0.29, 0.717) is 12.8 Å². The van der Waals surface area contributed by atoms with Gasteiger partial charge in [0.05, 0.1) is 12.1 Å². The SMILES string of the molecule is CCCCCC(=O)N1C(=O)N[C@@H]2CS[C@H](CCCCC(=O)O)[C@@H]21. The molecule has 2 N–H and O–H groups in total. The van der Waals surface area contributed by atoms with Crippen molar-refractivity contribution in [2.45, 2.75) is 75.6 Å². The Labute approximate surface area is 141 Å². The second kappa shape index (κ2) is 8.57. The molecule has 130 valence electrons. The van der Waals surface area contributed by atoms with Crippen molar-refractivity contribution in [1.29, 1.82) is 0 Å². The van der Waals surface area contributed by atoms with Gasteiger partial charge in [0.1, 0.15) is 0 Å². The van der Waals surface area contributed by atoms with E-state index in [1.807, 2.05) is 0 Å². The highest BCUT2D eigenvalue weighted by atomic mass is 32.2. The van der Waals surface area contributed by atoms with Gasteiger partial charge in [0.15, 0.2) is 0 Å². The molecular formula is C16H26N2O4S. The number of aliphatic carboxylic acids is 1. The minimum Gasteiger partial charge on any atom is -0.481 e. The number of thioether (sulfide) groups is 1. The predicted octanol–water partition coefficient (Wildman–Crippen LogP) is 2.62. The van der Waals surface area contributed by atoms with Crippen LogP contribution in [0.5, 0.6) is 0 Å². The Morgan fingerprint density at radius 1 is 1.26 bits per heavy atom. The average Bonchev–Trinajstić information content (AvgIpc) is 3.01. The molecule has 2 aliphatic rings. The number of unbranched alkanes of at least 4 members (excludes halogenated alkanes) is 3. The number of hydrogen-bond donors (Lipinski definition) is 2. The first kappa shape index (κ1) is 18.1. The topological polar surface area (TPSA) is 86.7 Å². The molecule has 3 atom stereocenters. The zero-order valence-electron chi connectivity index (χ0n) is 13.6. The van der Waals surface area contributed by atoms with Crippen molar-refractivity contribution in [3.8, 4) is 0 Å². The van der Waals surface area contributed by atoms with Crippen molar-refractivity contribution >= 4 is 29.7 Å². The number of fused-ring (bicyclic) bond motifs is 1. The molecule has 0 saturated carbocycles. The molecule has 0 aromatic heterocycles. The number of imide groups is 1. The third-order valence-corrected chi connectivity index (χ3v) is 6.00. The van der Waals surface area contributed by atoms with E-state index in [1.54, 1.807) is 11.8 Å². The van der Waals surface area contributed by atoms with E-state index in [-0.39, 0.29) is 35.7 Å². The van der Waals surface area contributed by atoms with Crippen LogP contribution in [0.2, 0.25) is 0 Å². The van der Waals surface area contributed by atoms with Gasteiger partial charge in [-0.15, -0.1) is 0 Å². The van der Waals surface area contributed by atoms with Crippen molar-refractivity contribution in [3.63, 3.8) is 0 Å². The number of rotatable bonds is 9. The van der Waals surface area contributed by atoms with Crippen molar-refractivity contribution in [2.75, 3.05) is 5.75 Å². The summed E-state index contributed by atoms with van der Waals surface area (Å²) in [5.41, 5.74) is 0. The van der Waals surface area contributed by atoms with Gasteiger partial charge in [0.2, 0.25) is 5.91 Å². The van der Waals surface area contributed by atoms with Crippen molar-refractivity contribution < 1.29 is 19.5 Å². The van der Waals surface area contributed by atoms with E-state index in [0.717, 1.165) is 37.9 Å². The summed E-state index contributed by atoms with van der Waals surface area (Å²) in [6.07, 6.45) is 5.81. The first-order valence-corrected chi connectivity index (χ1v) is 9.55. The minimum absolute atomic E-state index is 0.0482. The smallest absolute Gasteiger partial charge is 0.324 e. The molecule has 0 radical (unpaired) electrons. The molecule has 0 aromatic rings. The Bertz CT molecular complexity index is 457. The second-order valence-corrected chi connectivity index (χ2v) is 7.55. The number of amides is 3. The van der Waals surface area contributed by atoms with E-state index in [2.05, 4.69) is 12.2 Å². The van der Waals surface area contributed by atoms with Crippen molar-refractivity contribution in [3.05, 3.63) is 0 Å². The number of urea groups is 1. The van der Waals surface area contributed by atoms with E-state index in [1.165, 1.54) is 4.90 Å². The number of nitrogens with zero attached hydrogens (tertiary/aromatic N) is 1. The summed E-state index contributed by atoms with van der Waals surface area (Å²) in [6.45, 7) is 2.09. The molecule has 2 saturated heterocycles. The third-order valence-electron chi connectivity index (χ3n) is 4.50. The van der Waals surface area contributed by atoms with Crippen LogP contribution in [0.1, 0.15) is 58.3 Å². The Morgan fingerprint density at radius 2 is 2.00 bits per heavy atom. The largest absolute Gasteiger partial charge is 0.481 e. The Hall–Kier alpha value is -1.24. The van der Waals surface area contributed by atoms with Gasteiger partial charge in [0, 0.05) is 23.8 Å². The molecule has 2 rings (SSSR count). The molecular weight excluding hydrogens is 316 g/mol. The fourth-order valence-electron chi connectivity index (χ4n) is 3.32. The number of hydrogen-bond acceptors (Lipinski definition) is 4. The predicted molar refractivity (Wildman–Crippen MR) is 89.4 cm³/mol. The summed E-state index contributed by atoms with van der Waals surface area (Å²) in [5, 5.41) is 11.8. The van der Waals surface area contributed by atoms with Crippen LogP contribution in [0.25, 0.3) is 0 Å². The molecule has 2 heterocycles. The molecule has 2 fully saturated rings. The summed E-state index contributed by atoms with van der Waals surface area (Å²) in [6, 6.07) is -0.268. The number of carboxylic acids is 1. The summed E-state index contributed by atoms with van der Waals surface area (Å²) >= 11 is 1.79. The summed E-state index contributed by atoms with van der Waals surface area (Å²) in [7, 11) is 0. The molecule has 0 unspecified atom stereocenters. The monoisotopic (exact) mass is 342 g/mol. The van der Waals surface area contributed by atoms with Gasteiger partial charge in [-0.1, -0.05) is 26.2 Å². The van der Waals surface area contributed by atoms with E-state index < -0.39 is 5.97 Å². The van der Waals surface area contributed by atoms with Crippen LogP contribution in [-0.4, -0.2) is 51.0 Å². The van der Waals surface area contributed by atoms with Gasteiger partial charge in [-0.3, -0.25) is 14.5 Å². The van der Waals surface area contributed by atoms with Gasteiger partial charge in [-0.2, -0.15) is 11.8 Å². The molecule has 7 heteroatoms. The first-order valence-electron chi connectivity index (χ1n) is 8.50. The first-order chi connectivity index (χ1) is 11.0. The van der Waals surface area contributed by atoms with Gasteiger partial charge in [-0.05, 0) is 19.3 Å². The number of carbonyl (C=O) groups excluding carboxylic acids is 2. The molecule has 0 bridgehead atoms. The van der Waals surface area contributed by atoms with Gasteiger partial charge in [0.25, 0.3) is 0 Å². The molecule has 23 heavy (non-hydrogen) atoms. The van der Waals surface area contributed by atoms with Crippen LogP contribution < -0.4 is 5.32 Å². The quantitative estimate of drug-likeness (QED) is 0.497. The van der Waals surface area contributed by atoms with Crippen LogP contribution in [0.3, 0.4) is 0 Å². The van der Waals surface area contributed by atoms with Crippen LogP contribution in [-0.2, 0) is 9.59 Å². The fourth-order valence-corrected chi connectivity index (χ4v) is 4.90. The van der Waals surface area contributed by atoms with E-state index >= 15 is 0 Å². The maximum atomic E-state index is 12.4. The zero-order valence-corrected chi connectivity index (χ0v) is 14.4. The lowest BCUT2D eigenvalue weighted by atomic mass is 10.0. The highest BCUT2D eigenvalue weighted by molar-refractivity contribution is 8.00. The van der Waals surface area contributed by atoms with Crippen LogP contribution >= 0.6 is 11.8 Å². The lowest BCUT2D eigenvalue weighted by Crippen LogP contribution is -2.44. The molecule has 0 aromatic carbocycles. The van der Waals surface area contributed by atoms with Crippen molar-refractivity contribution in [2.24, 2.45) is 0 Å². The van der Waals surface area contributed by atoms with E-state index in [9.17, 15) is 14.4 Å². The number of carbonyl (C=O) groups is 3. The van der Waals surface area contributed by atoms with Crippen LogP contribution in [0.15, 0.2) is 0 Å². The maximum Gasteiger partial charge on any atom is 0.324 e. The molecule has 6 nitrogen and oxygen atoms in total. The highest BCUT2D eigenvalue weighted by Crippen LogP contribution is 2.37. The Balaban J connectivity index is 1.89. The number of nitrogens with one attached hydrogen (secondary N) is 1. The molecule has 3 amide bonds. The van der Waals surface area contributed by atoms with Crippen molar-refractivity contribution in [1.82, 2.24) is 10.2 Å². The maximum absolute atomic E-state index is 12.4. The summed E-state index contributed by atoms with van der Waals surface area (Å²) in [5.74, 6) is -0.00692. The van der Waals surface area contributed by atoms with Gasteiger partial charge in [-0.25, -0.2) is 4.79 Å². The minimum atomic E-state index is -0.771. The molecule has 0 aliphatic carbocycles. The normalized spacial score (nSPS) is 26.2. The summed E-state index contributed by atoms with van der Waals surface area (Å²) in [4.78, 5) is 36.6. The standard InChI is InChI=1S/C16H26N2O4S/c1-2-3-4-8-13(19)18-15-11(17-16(18)22)10-23-12(15)7-5-6-9-14(20)21/h11-12,15H,2-10H2,1H3,(H,17,22)(H,20,21)/t11-,12-,15-/m1/s1. The van der Waals surface area contributed by atoms with Crippen LogP contribution in [0, 0.1) is 0 Å². The molecule has 0 spiro atoms. The lowest BCUT2D eigenvalue weighted by molar-refractivity contribution is -0.137. The van der Waals surface area contributed by atoms with Crippen LogP contribution in [0.4, 0.5) is 4.79 Å². The Kier molecular flexibility index (Phi) is 6.74. The third kappa shape index (κ3) is 4.62. The second-order valence-electron chi connectivity index (χ2n) is 6.28. The fraction of sp³-hybridized carbons (Fsp3) is 0.812. The van der Waals surface area contributed by atoms with Gasteiger partial charge >= 0.3 is 12.0 Å². The highest BCUT2D eigenvalue weighted by Gasteiger charge is 2.50. The number of carboxylic acid groups (broad SMARTS) is 1. The lowest BCUT2D eigenvalue weighted by Gasteiger charge is -2.25. The Morgan fingerprint density at radius 3 is 2.70 bits per heavy atom. The van der Waals surface area contributed by atoms with Gasteiger partial charge < -0.3 is 10.4 Å². The summed E-state index contributed by atoms with van der Waals surface area (Å²) < 4.78 is 0. The molecule has 2 aliphatic heterocycles. The average molecular weight is 342 g/mol. The van der Waals surface area contributed by atoms with E-state index in [4.69, 9.17) is 5.11 Å².